The van der Waals surface area contributed by atoms with Crippen molar-refractivity contribution in [2.24, 2.45) is 5.41 Å². The summed E-state index contributed by atoms with van der Waals surface area (Å²) < 4.78 is 10.5. The Bertz CT molecular complexity index is 706. The Balaban J connectivity index is 2.07. The predicted molar refractivity (Wildman–Crippen MR) is 97.9 cm³/mol. The van der Waals surface area contributed by atoms with Gasteiger partial charge in [0.15, 0.2) is 0 Å². The van der Waals surface area contributed by atoms with E-state index in [0.29, 0.717) is 29.7 Å². The molecule has 2 fully saturated rings. The summed E-state index contributed by atoms with van der Waals surface area (Å²) in [4.78, 5) is 27.3. The second-order valence-corrected chi connectivity index (χ2v) is 8.20. The number of allylic oxidation sites excluding steroid dienone is 3. The van der Waals surface area contributed by atoms with Gasteiger partial charge in [0.2, 0.25) is 6.29 Å². The number of hydrogen-bond donors (Lipinski definition) is 1. The minimum atomic E-state index is -0.902. The van der Waals surface area contributed by atoms with Crippen LogP contribution in [0.5, 0.6) is 0 Å². The second-order valence-electron chi connectivity index (χ2n) is 7.75. The summed E-state index contributed by atoms with van der Waals surface area (Å²) in [7, 11) is 0. The number of thiol groups is 1. The number of carbonyl (C=O) groups excluding carboxylic acids is 2. The van der Waals surface area contributed by atoms with Crippen LogP contribution in [0.2, 0.25) is 0 Å². The monoisotopic (exact) mass is 376 g/mol. The zero-order valence-corrected chi connectivity index (χ0v) is 16.1. The van der Waals surface area contributed by atoms with Crippen LogP contribution in [0.15, 0.2) is 22.4 Å². The quantitative estimate of drug-likeness (QED) is 0.353. The number of ether oxygens (including phenoxy) is 2. The molecule has 0 spiro atoms. The van der Waals surface area contributed by atoms with Crippen molar-refractivity contribution >= 4 is 24.6 Å². The molecular weight excluding hydrogens is 352 g/mol. The van der Waals surface area contributed by atoms with Crippen LogP contribution < -0.4 is 0 Å². The van der Waals surface area contributed by atoms with E-state index in [1.165, 1.54) is 0 Å². The van der Waals surface area contributed by atoms with Crippen LogP contribution in [0.3, 0.4) is 0 Å². The van der Waals surface area contributed by atoms with E-state index in [-0.39, 0.29) is 11.0 Å². The molecule has 0 radical (unpaired) electrons. The maximum atomic E-state index is 12.5. The van der Waals surface area contributed by atoms with Gasteiger partial charge in [0, 0.05) is 25.2 Å². The number of nitrogens with zero attached hydrogens (tertiary/aromatic N) is 2. The first kappa shape index (κ1) is 18.8. The molecule has 2 heterocycles. The largest absolute Gasteiger partial charge is 0.421 e. The van der Waals surface area contributed by atoms with Crippen molar-refractivity contribution in [2.75, 3.05) is 18.8 Å². The Morgan fingerprint density at radius 2 is 1.81 bits per heavy atom. The molecule has 0 aromatic carbocycles. The molecule has 2 saturated heterocycles. The zero-order chi connectivity index (χ0) is 18.9. The molecule has 6 nitrogen and oxygen atoms in total. The van der Waals surface area contributed by atoms with E-state index in [1.807, 2.05) is 0 Å². The fourth-order valence-corrected chi connectivity index (χ4v) is 4.09. The molecule has 140 valence electrons. The van der Waals surface area contributed by atoms with Crippen LogP contribution >= 0.6 is 12.6 Å². The molecule has 0 aromatic rings. The first-order valence-electron chi connectivity index (χ1n) is 9.01. The fourth-order valence-electron chi connectivity index (χ4n) is 3.88. The summed E-state index contributed by atoms with van der Waals surface area (Å²) in [5.74, 6) is -0.962. The lowest BCUT2D eigenvalue weighted by Gasteiger charge is -2.38. The number of rotatable bonds is 3. The minimum Gasteiger partial charge on any atom is -0.421 e. The zero-order valence-electron chi connectivity index (χ0n) is 15.2. The molecule has 0 bridgehead atoms. The second kappa shape index (κ2) is 7.36. The molecule has 26 heavy (non-hydrogen) atoms. The molecule has 0 N–H and O–H groups in total. The molecule has 0 amide bonds. The number of nitriles is 1. The molecule has 3 aliphatic rings. The molecule has 0 aromatic heterocycles. The normalized spacial score (nSPS) is 25.9. The highest BCUT2D eigenvalue weighted by molar-refractivity contribution is 7.80. The highest BCUT2D eigenvalue weighted by atomic mass is 32.1. The van der Waals surface area contributed by atoms with Crippen LogP contribution in [0.4, 0.5) is 0 Å². The van der Waals surface area contributed by atoms with Crippen molar-refractivity contribution in [1.29, 1.82) is 5.26 Å². The molecule has 2 aliphatic heterocycles. The predicted octanol–water partition coefficient (Wildman–Crippen LogP) is 2.72. The number of hydrogen-bond acceptors (Lipinski definition) is 7. The third-order valence-corrected chi connectivity index (χ3v) is 5.30. The summed E-state index contributed by atoms with van der Waals surface area (Å²) in [6.07, 6.45) is 2.83. The molecule has 0 atom stereocenters. The van der Waals surface area contributed by atoms with E-state index in [9.17, 15) is 14.9 Å². The van der Waals surface area contributed by atoms with Gasteiger partial charge in [-0.25, -0.2) is 9.59 Å². The number of likely N-dealkylation sites (tertiary alicyclic amines) is 1. The average molecular weight is 376 g/mol. The first-order valence-corrected chi connectivity index (χ1v) is 9.64. The van der Waals surface area contributed by atoms with Gasteiger partial charge in [-0.2, -0.15) is 17.9 Å². The number of carbonyl (C=O) groups is 2. The third-order valence-electron chi connectivity index (χ3n) is 5.04. The summed E-state index contributed by atoms with van der Waals surface area (Å²) >= 11 is 4.08. The summed E-state index contributed by atoms with van der Waals surface area (Å²) in [5, 5.41) is 9.82. The van der Waals surface area contributed by atoms with E-state index in [2.05, 4.69) is 37.4 Å². The molecule has 3 rings (SSSR count). The lowest BCUT2D eigenvalue weighted by atomic mass is 9.72. The van der Waals surface area contributed by atoms with Gasteiger partial charge in [-0.15, -0.1) is 0 Å². The molecule has 7 heteroatoms. The van der Waals surface area contributed by atoms with E-state index in [4.69, 9.17) is 9.47 Å². The SMILES string of the molecule is CC1(C)CC(=C2C(=O)OC(CCS)OC2=O)C(C#N)=C(N2CCCC2)C1. The third kappa shape index (κ3) is 3.61. The standard InChI is InChI=1S/C19H24N2O4S/c1-19(2)9-12(13(11-20)14(10-19)21-6-3-4-7-21)16-17(22)24-15(5-8-26)25-18(16)23/h15,26H,3-10H2,1-2H3. The van der Waals surface area contributed by atoms with Crippen molar-refractivity contribution in [1.82, 2.24) is 4.90 Å². The van der Waals surface area contributed by atoms with Crippen molar-refractivity contribution in [3.8, 4) is 6.07 Å². The van der Waals surface area contributed by atoms with E-state index in [0.717, 1.165) is 38.0 Å². The van der Waals surface area contributed by atoms with Gasteiger partial charge >= 0.3 is 11.9 Å². The van der Waals surface area contributed by atoms with Crippen LogP contribution in [0.1, 0.15) is 46.0 Å². The van der Waals surface area contributed by atoms with Gasteiger partial charge in [0.1, 0.15) is 11.6 Å². The summed E-state index contributed by atoms with van der Waals surface area (Å²) in [6, 6.07) is 2.25. The average Bonchev–Trinajstić information content (AvgIpc) is 3.07. The Kier molecular flexibility index (Phi) is 5.33. The van der Waals surface area contributed by atoms with Crippen LogP contribution in [0.25, 0.3) is 0 Å². The maximum absolute atomic E-state index is 12.5. The fraction of sp³-hybridized carbons (Fsp3) is 0.632. The maximum Gasteiger partial charge on any atom is 0.348 e. The van der Waals surface area contributed by atoms with Crippen molar-refractivity contribution in [3.63, 3.8) is 0 Å². The Hall–Kier alpha value is -1.94. The van der Waals surface area contributed by atoms with Crippen molar-refractivity contribution in [2.45, 2.75) is 52.2 Å². The Labute approximate surface area is 159 Å². The van der Waals surface area contributed by atoms with Gasteiger partial charge in [0.05, 0.1) is 5.57 Å². The lowest BCUT2D eigenvalue weighted by Crippen LogP contribution is -2.38. The number of esters is 2. The van der Waals surface area contributed by atoms with Crippen LogP contribution in [-0.2, 0) is 19.1 Å². The smallest absolute Gasteiger partial charge is 0.348 e. The van der Waals surface area contributed by atoms with Gasteiger partial charge < -0.3 is 14.4 Å². The summed E-state index contributed by atoms with van der Waals surface area (Å²) in [6.45, 7) is 5.97. The minimum absolute atomic E-state index is 0.124. The Morgan fingerprint density at radius 1 is 1.19 bits per heavy atom. The van der Waals surface area contributed by atoms with Crippen LogP contribution in [0, 0.1) is 16.7 Å². The number of cyclic esters (lactones) is 2. The summed E-state index contributed by atoms with van der Waals surface area (Å²) in [5.41, 5.74) is 1.54. The first-order chi connectivity index (χ1) is 12.4. The molecule has 0 saturated carbocycles. The Morgan fingerprint density at radius 3 is 2.35 bits per heavy atom. The van der Waals surface area contributed by atoms with Gasteiger partial charge in [-0.1, -0.05) is 13.8 Å². The highest BCUT2D eigenvalue weighted by Crippen LogP contribution is 2.45. The van der Waals surface area contributed by atoms with Crippen molar-refractivity contribution < 1.29 is 19.1 Å². The molecular formula is C19H24N2O4S. The van der Waals surface area contributed by atoms with Crippen LogP contribution in [-0.4, -0.2) is 42.0 Å². The molecule has 0 unspecified atom stereocenters. The highest BCUT2D eigenvalue weighted by Gasteiger charge is 2.41. The van der Waals surface area contributed by atoms with Crippen molar-refractivity contribution in [3.05, 3.63) is 22.4 Å². The van der Waals surface area contributed by atoms with Gasteiger partial charge in [-0.3, -0.25) is 0 Å². The van der Waals surface area contributed by atoms with Gasteiger partial charge in [-0.05, 0) is 42.4 Å². The lowest BCUT2D eigenvalue weighted by molar-refractivity contribution is -0.194. The van der Waals surface area contributed by atoms with E-state index in [1.54, 1.807) is 0 Å². The van der Waals surface area contributed by atoms with E-state index >= 15 is 0 Å². The topological polar surface area (TPSA) is 79.6 Å². The molecule has 1 aliphatic carbocycles. The van der Waals surface area contributed by atoms with E-state index < -0.39 is 18.2 Å². The van der Waals surface area contributed by atoms with Gasteiger partial charge in [0.25, 0.3) is 0 Å².